The number of aryl methyl sites for hydroxylation is 3. The van der Waals surface area contributed by atoms with Crippen LogP contribution in [0.2, 0.25) is 5.02 Å². The molecule has 0 fully saturated rings. The summed E-state index contributed by atoms with van der Waals surface area (Å²) in [7, 11) is 0. The van der Waals surface area contributed by atoms with E-state index in [0.29, 0.717) is 19.0 Å². The summed E-state index contributed by atoms with van der Waals surface area (Å²) in [6.45, 7) is 5.54. The van der Waals surface area contributed by atoms with Gasteiger partial charge in [-0.05, 0) is 91.0 Å². The lowest BCUT2D eigenvalue weighted by Gasteiger charge is -2.19. The Kier molecular flexibility index (Phi) is 10.2. The van der Waals surface area contributed by atoms with Crippen LogP contribution >= 0.6 is 11.6 Å². The van der Waals surface area contributed by atoms with Gasteiger partial charge in [-0.15, -0.1) is 0 Å². The smallest absolute Gasteiger partial charge is 0.304 e. The summed E-state index contributed by atoms with van der Waals surface area (Å²) in [5.74, 6) is -0.311. The molecule has 3 nitrogen and oxygen atoms in total. The summed E-state index contributed by atoms with van der Waals surface area (Å²) in [5, 5.41) is 12.7. The summed E-state index contributed by atoms with van der Waals surface area (Å²) >= 11 is 6.32. The van der Waals surface area contributed by atoms with Gasteiger partial charge in [0.15, 0.2) is 0 Å². The Morgan fingerprint density at radius 2 is 1.65 bits per heavy atom. The van der Waals surface area contributed by atoms with Gasteiger partial charge in [0.2, 0.25) is 0 Å². The molecule has 0 heterocycles. The van der Waals surface area contributed by atoms with Gasteiger partial charge in [-0.1, -0.05) is 72.6 Å². The molecule has 2 N–H and O–H groups in total. The highest BCUT2D eigenvalue weighted by Crippen LogP contribution is 2.29. The standard InChI is InChI=1S/C30H36ClNO2/c1-22-10-11-26(18-23(22)2)19-27(28-8-5-9-29(31)20-28)7-4-3-6-24-12-14-25(15-13-24)21-32-17-16-30(33)34/h5,8-15,18,20,27,32H,3-4,6-7,16-17,19,21H2,1-2H3,(H,33,34)/t27-/m1/s1. The molecule has 0 amide bonds. The number of hydrogen-bond acceptors (Lipinski definition) is 2. The van der Waals surface area contributed by atoms with Crippen LogP contribution in [-0.4, -0.2) is 17.6 Å². The van der Waals surface area contributed by atoms with Crippen molar-refractivity contribution >= 4 is 17.6 Å². The van der Waals surface area contributed by atoms with Gasteiger partial charge >= 0.3 is 5.97 Å². The lowest BCUT2D eigenvalue weighted by atomic mass is 9.86. The van der Waals surface area contributed by atoms with Crippen molar-refractivity contribution in [2.45, 2.75) is 64.8 Å². The molecular formula is C30H36ClNO2. The molecular weight excluding hydrogens is 442 g/mol. The van der Waals surface area contributed by atoms with Gasteiger partial charge in [-0.2, -0.15) is 0 Å². The number of aliphatic carboxylic acids is 1. The fourth-order valence-corrected chi connectivity index (χ4v) is 4.53. The van der Waals surface area contributed by atoms with E-state index in [0.717, 1.165) is 30.7 Å². The zero-order chi connectivity index (χ0) is 24.3. The predicted molar refractivity (Wildman–Crippen MR) is 142 cm³/mol. The molecule has 0 aliphatic carbocycles. The van der Waals surface area contributed by atoms with E-state index in [1.165, 1.54) is 39.8 Å². The number of unbranched alkanes of at least 4 members (excludes halogenated alkanes) is 1. The predicted octanol–water partition coefficient (Wildman–Crippen LogP) is 7.26. The molecule has 4 heteroatoms. The SMILES string of the molecule is Cc1ccc(C[C@@H](CCCCc2ccc(CNCCC(=O)O)cc2)c2cccc(Cl)c2)cc1C. The van der Waals surface area contributed by atoms with Crippen molar-refractivity contribution in [3.63, 3.8) is 0 Å². The zero-order valence-corrected chi connectivity index (χ0v) is 21.1. The van der Waals surface area contributed by atoms with Crippen LogP contribution in [0.4, 0.5) is 0 Å². The normalized spacial score (nSPS) is 12.0. The van der Waals surface area contributed by atoms with Crippen LogP contribution in [-0.2, 0) is 24.2 Å². The zero-order valence-electron chi connectivity index (χ0n) is 20.3. The van der Waals surface area contributed by atoms with Gasteiger partial charge in [-0.25, -0.2) is 0 Å². The van der Waals surface area contributed by atoms with E-state index in [4.69, 9.17) is 16.7 Å². The van der Waals surface area contributed by atoms with Gasteiger partial charge < -0.3 is 10.4 Å². The molecule has 0 saturated heterocycles. The molecule has 3 aromatic carbocycles. The largest absolute Gasteiger partial charge is 0.481 e. The fourth-order valence-electron chi connectivity index (χ4n) is 4.33. The van der Waals surface area contributed by atoms with E-state index in [2.05, 4.69) is 79.8 Å². The van der Waals surface area contributed by atoms with Crippen LogP contribution in [0.25, 0.3) is 0 Å². The van der Waals surface area contributed by atoms with Crippen molar-refractivity contribution in [3.05, 3.63) is 105 Å². The third kappa shape index (κ3) is 8.62. The Labute approximate surface area is 209 Å². The highest BCUT2D eigenvalue weighted by Gasteiger charge is 2.14. The van der Waals surface area contributed by atoms with Crippen LogP contribution in [0.5, 0.6) is 0 Å². The van der Waals surface area contributed by atoms with Crippen molar-refractivity contribution in [1.82, 2.24) is 5.32 Å². The van der Waals surface area contributed by atoms with Gasteiger partial charge in [0.25, 0.3) is 0 Å². The minimum atomic E-state index is -0.769. The van der Waals surface area contributed by atoms with E-state index in [-0.39, 0.29) is 6.42 Å². The first-order chi connectivity index (χ1) is 16.4. The highest BCUT2D eigenvalue weighted by molar-refractivity contribution is 6.30. The Hall–Kier alpha value is -2.62. The molecule has 0 saturated carbocycles. The molecule has 180 valence electrons. The van der Waals surface area contributed by atoms with E-state index in [9.17, 15) is 4.79 Å². The Balaban J connectivity index is 1.52. The molecule has 0 unspecified atom stereocenters. The molecule has 3 aromatic rings. The first kappa shape index (κ1) is 26.0. The number of benzene rings is 3. The number of halogens is 1. The number of carbonyl (C=O) groups is 1. The molecule has 1 atom stereocenters. The monoisotopic (exact) mass is 477 g/mol. The number of rotatable bonds is 13. The van der Waals surface area contributed by atoms with Gasteiger partial charge in [0, 0.05) is 18.1 Å². The Morgan fingerprint density at radius 1 is 0.912 bits per heavy atom. The summed E-state index contributed by atoms with van der Waals surface area (Å²) in [6.07, 6.45) is 5.71. The van der Waals surface area contributed by atoms with Gasteiger partial charge in [0.1, 0.15) is 0 Å². The maximum Gasteiger partial charge on any atom is 0.304 e. The molecule has 34 heavy (non-hydrogen) atoms. The molecule has 0 aliphatic rings. The summed E-state index contributed by atoms with van der Waals surface area (Å²) in [5.41, 5.74) is 7.94. The number of carboxylic acids is 1. The van der Waals surface area contributed by atoms with Gasteiger partial charge in [0.05, 0.1) is 6.42 Å². The average molecular weight is 478 g/mol. The van der Waals surface area contributed by atoms with E-state index < -0.39 is 5.97 Å². The van der Waals surface area contributed by atoms with Crippen LogP contribution in [0.15, 0.2) is 66.7 Å². The molecule has 3 rings (SSSR count). The number of hydrogen-bond donors (Lipinski definition) is 2. The first-order valence-electron chi connectivity index (χ1n) is 12.2. The quantitative estimate of drug-likeness (QED) is 0.255. The lowest BCUT2D eigenvalue weighted by molar-refractivity contribution is -0.136. The van der Waals surface area contributed by atoms with Crippen molar-refractivity contribution in [1.29, 1.82) is 0 Å². The van der Waals surface area contributed by atoms with Crippen molar-refractivity contribution in [2.75, 3.05) is 6.54 Å². The maximum atomic E-state index is 10.6. The lowest BCUT2D eigenvalue weighted by Crippen LogP contribution is -2.17. The topological polar surface area (TPSA) is 49.3 Å². The van der Waals surface area contributed by atoms with Crippen molar-refractivity contribution in [3.8, 4) is 0 Å². The van der Waals surface area contributed by atoms with E-state index in [1.54, 1.807) is 0 Å². The van der Waals surface area contributed by atoms with Crippen molar-refractivity contribution in [2.24, 2.45) is 0 Å². The molecule has 0 aromatic heterocycles. The van der Waals surface area contributed by atoms with E-state index >= 15 is 0 Å². The van der Waals surface area contributed by atoms with Crippen LogP contribution in [0.3, 0.4) is 0 Å². The third-order valence-electron chi connectivity index (χ3n) is 6.51. The van der Waals surface area contributed by atoms with Crippen molar-refractivity contribution < 1.29 is 9.90 Å². The number of carboxylic acid groups (broad SMARTS) is 1. The van der Waals surface area contributed by atoms with Crippen LogP contribution in [0, 0.1) is 13.8 Å². The molecule has 0 radical (unpaired) electrons. The van der Waals surface area contributed by atoms with Crippen LogP contribution < -0.4 is 5.32 Å². The second-order valence-corrected chi connectivity index (χ2v) is 9.69. The molecule has 0 spiro atoms. The summed E-state index contributed by atoms with van der Waals surface area (Å²) < 4.78 is 0. The molecule has 0 bridgehead atoms. The number of nitrogens with one attached hydrogen (secondary N) is 1. The highest BCUT2D eigenvalue weighted by atomic mass is 35.5. The summed E-state index contributed by atoms with van der Waals surface area (Å²) in [4.78, 5) is 10.6. The maximum absolute atomic E-state index is 10.6. The van der Waals surface area contributed by atoms with Crippen LogP contribution in [0.1, 0.15) is 65.0 Å². The third-order valence-corrected chi connectivity index (χ3v) is 6.74. The minimum absolute atomic E-state index is 0.151. The minimum Gasteiger partial charge on any atom is -0.481 e. The Morgan fingerprint density at radius 3 is 2.35 bits per heavy atom. The average Bonchev–Trinajstić information content (AvgIpc) is 2.82. The second kappa shape index (κ2) is 13.3. The second-order valence-electron chi connectivity index (χ2n) is 9.26. The molecule has 0 aliphatic heterocycles. The first-order valence-corrected chi connectivity index (χ1v) is 12.6. The Bertz CT molecular complexity index is 1060. The van der Waals surface area contributed by atoms with E-state index in [1.807, 2.05) is 6.07 Å². The van der Waals surface area contributed by atoms with Gasteiger partial charge in [-0.3, -0.25) is 4.79 Å². The summed E-state index contributed by atoms with van der Waals surface area (Å²) in [6, 6.07) is 23.8. The fraction of sp³-hybridized carbons (Fsp3) is 0.367.